The van der Waals surface area contributed by atoms with Gasteiger partial charge in [0, 0.05) is 32.3 Å². The van der Waals surface area contributed by atoms with Crippen LogP contribution in [0.4, 0.5) is 5.69 Å². The lowest BCUT2D eigenvalue weighted by molar-refractivity contribution is 0.363. The van der Waals surface area contributed by atoms with Crippen LogP contribution in [-0.4, -0.2) is 47.3 Å². The number of piperidine rings is 1. The number of pyridine rings is 1. The summed E-state index contributed by atoms with van der Waals surface area (Å²) in [6.07, 6.45) is 6.51. The van der Waals surface area contributed by atoms with E-state index >= 15 is 0 Å². The Morgan fingerprint density at radius 3 is 2.80 bits per heavy atom. The van der Waals surface area contributed by atoms with Crippen LogP contribution in [0.1, 0.15) is 17.6 Å². The van der Waals surface area contributed by atoms with Gasteiger partial charge in [-0.2, -0.15) is 4.98 Å². The molecule has 2 fully saturated rings. The van der Waals surface area contributed by atoms with Crippen molar-refractivity contribution in [3.63, 3.8) is 0 Å². The molecule has 2 atom stereocenters. The maximum atomic E-state index is 12.7. The number of aromatic nitrogens is 7. The van der Waals surface area contributed by atoms with Gasteiger partial charge in [-0.25, -0.2) is 9.97 Å². The molecular formula is C19H17ClN8O2. The van der Waals surface area contributed by atoms with Gasteiger partial charge in [0.25, 0.3) is 5.56 Å². The number of aryl methyl sites for hydroxylation is 1. The molecule has 2 unspecified atom stereocenters. The van der Waals surface area contributed by atoms with Gasteiger partial charge < -0.3 is 14.0 Å². The molecule has 0 spiro atoms. The second kappa shape index (κ2) is 6.36. The molecule has 1 aliphatic carbocycles. The van der Waals surface area contributed by atoms with Crippen LogP contribution in [0, 0.1) is 11.8 Å². The van der Waals surface area contributed by atoms with Crippen molar-refractivity contribution in [3.05, 3.63) is 58.2 Å². The molecule has 1 saturated carbocycles. The SMILES string of the molecule is Cn1cnc2ncn(Cc3nc(C4C5CN(c6cncc(Cl)c6)CC54)no3)c(=O)c21. The molecule has 2 aliphatic rings. The standard InChI is InChI=1S/C19H17ClN8O2/c1-26-8-22-18-16(26)19(29)28(9-23-18)7-14-24-17(25-30-14)15-12-5-27(6-13(12)15)11-2-10(20)3-21-4-11/h2-4,8-9,12-13,15H,5-7H2,1H3. The maximum absolute atomic E-state index is 12.7. The normalized spacial score (nSPS) is 22.6. The average Bonchev–Trinajstić information content (AvgIpc) is 3.16. The molecule has 1 aliphatic heterocycles. The Labute approximate surface area is 175 Å². The van der Waals surface area contributed by atoms with E-state index in [9.17, 15) is 4.79 Å². The number of fused-ring (bicyclic) bond motifs is 2. The minimum atomic E-state index is -0.186. The van der Waals surface area contributed by atoms with E-state index in [1.807, 2.05) is 12.3 Å². The number of hydrogen-bond acceptors (Lipinski definition) is 8. The molecule has 11 heteroatoms. The Hall–Kier alpha value is -3.27. The molecule has 0 N–H and O–H groups in total. The maximum Gasteiger partial charge on any atom is 0.280 e. The van der Waals surface area contributed by atoms with Crippen molar-refractivity contribution < 1.29 is 4.52 Å². The van der Waals surface area contributed by atoms with E-state index in [0.29, 0.717) is 45.7 Å². The molecular weight excluding hydrogens is 408 g/mol. The summed E-state index contributed by atoms with van der Waals surface area (Å²) >= 11 is 6.06. The Kier molecular flexibility index (Phi) is 3.73. The van der Waals surface area contributed by atoms with Crippen molar-refractivity contribution in [2.45, 2.75) is 12.5 Å². The zero-order valence-electron chi connectivity index (χ0n) is 16.0. The molecule has 30 heavy (non-hydrogen) atoms. The quantitative estimate of drug-likeness (QED) is 0.484. The van der Waals surface area contributed by atoms with Crippen molar-refractivity contribution in [2.24, 2.45) is 18.9 Å². The Morgan fingerprint density at radius 2 is 2.00 bits per heavy atom. The lowest BCUT2D eigenvalue weighted by atomic mass is 10.2. The van der Waals surface area contributed by atoms with Crippen LogP contribution in [0.15, 0.2) is 40.4 Å². The van der Waals surface area contributed by atoms with Crippen molar-refractivity contribution in [3.8, 4) is 0 Å². The molecule has 4 aromatic rings. The molecule has 0 aromatic carbocycles. The van der Waals surface area contributed by atoms with Gasteiger partial charge in [-0.15, -0.1) is 0 Å². The van der Waals surface area contributed by atoms with E-state index in [0.717, 1.165) is 18.8 Å². The van der Waals surface area contributed by atoms with Gasteiger partial charge >= 0.3 is 0 Å². The van der Waals surface area contributed by atoms with Crippen LogP contribution in [0.5, 0.6) is 0 Å². The monoisotopic (exact) mass is 424 g/mol. The Morgan fingerprint density at radius 1 is 1.20 bits per heavy atom. The number of anilines is 1. The van der Waals surface area contributed by atoms with Gasteiger partial charge in [-0.05, 0) is 17.9 Å². The average molecular weight is 425 g/mol. The summed E-state index contributed by atoms with van der Waals surface area (Å²) in [5, 5.41) is 4.82. The summed E-state index contributed by atoms with van der Waals surface area (Å²) in [5.41, 5.74) is 1.73. The zero-order chi connectivity index (χ0) is 20.4. The predicted molar refractivity (Wildman–Crippen MR) is 107 cm³/mol. The van der Waals surface area contributed by atoms with E-state index < -0.39 is 0 Å². The Balaban J connectivity index is 1.17. The number of hydrogen-bond donors (Lipinski definition) is 0. The molecule has 1 saturated heterocycles. The van der Waals surface area contributed by atoms with E-state index in [1.165, 1.54) is 10.9 Å². The van der Waals surface area contributed by atoms with Crippen molar-refractivity contribution >= 4 is 28.5 Å². The molecule has 5 heterocycles. The van der Waals surface area contributed by atoms with Crippen molar-refractivity contribution in [1.82, 2.24) is 34.2 Å². The molecule has 0 amide bonds. The smallest absolute Gasteiger partial charge is 0.280 e. The van der Waals surface area contributed by atoms with Crippen molar-refractivity contribution in [1.29, 1.82) is 0 Å². The fourth-order valence-corrected chi connectivity index (χ4v) is 4.66. The minimum absolute atomic E-state index is 0.183. The van der Waals surface area contributed by atoms with Crippen LogP contribution in [0.25, 0.3) is 11.2 Å². The van der Waals surface area contributed by atoms with Gasteiger partial charge in [0.15, 0.2) is 17.0 Å². The van der Waals surface area contributed by atoms with E-state index in [1.54, 1.807) is 24.1 Å². The lowest BCUT2D eigenvalue weighted by Crippen LogP contribution is -2.24. The fraction of sp³-hybridized carbons (Fsp3) is 0.368. The van der Waals surface area contributed by atoms with Gasteiger partial charge in [-0.1, -0.05) is 16.8 Å². The van der Waals surface area contributed by atoms with Gasteiger partial charge in [0.1, 0.15) is 12.9 Å². The fourth-order valence-electron chi connectivity index (χ4n) is 4.49. The lowest BCUT2D eigenvalue weighted by Gasteiger charge is -2.21. The summed E-state index contributed by atoms with van der Waals surface area (Å²) in [7, 11) is 1.77. The number of halogens is 1. The third-order valence-corrected chi connectivity index (χ3v) is 6.24. The van der Waals surface area contributed by atoms with Crippen LogP contribution >= 0.6 is 11.6 Å². The minimum Gasteiger partial charge on any atom is -0.370 e. The summed E-state index contributed by atoms with van der Waals surface area (Å²) in [6.45, 7) is 2.02. The zero-order valence-corrected chi connectivity index (χ0v) is 16.8. The molecule has 152 valence electrons. The van der Waals surface area contributed by atoms with Crippen molar-refractivity contribution in [2.75, 3.05) is 18.0 Å². The third kappa shape index (κ3) is 2.71. The highest BCUT2D eigenvalue weighted by Gasteiger charge is 2.58. The van der Waals surface area contributed by atoms with Crippen LogP contribution in [0.2, 0.25) is 5.02 Å². The van der Waals surface area contributed by atoms with Gasteiger partial charge in [0.05, 0.1) is 23.2 Å². The van der Waals surface area contributed by atoms with Crippen LogP contribution < -0.4 is 10.5 Å². The van der Waals surface area contributed by atoms with Gasteiger partial charge in [0.2, 0.25) is 5.89 Å². The number of rotatable bonds is 4. The topological polar surface area (TPSA) is 108 Å². The highest BCUT2D eigenvalue weighted by atomic mass is 35.5. The predicted octanol–water partition coefficient (Wildman–Crippen LogP) is 1.46. The third-order valence-electron chi connectivity index (χ3n) is 6.04. The molecule has 6 rings (SSSR count). The number of nitrogens with zero attached hydrogens (tertiary/aromatic N) is 8. The van der Waals surface area contributed by atoms with E-state index in [-0.39, 0.29) is 12.1 Å². The second-order valence-corrected chi connectivity index (χ2v) is 8.31. The summed E-state index contributed by atoms with van der Waals surface area (Å²) in [6, 6.07) is 1.94. The van der Waals surface area contributed by atoms with E-state index in [4.69, 9.17) is 16.1 Å². The highest BCUT2D eigenvalue weighted by Crippen LogP contribution is 2.57. The van der Waals surface area contributed by atoms with Crippen LogP contribution in [-0.2, 0) is 13.6 Å². The highest BCUT2D eigenvalue weighted by molar-refractivity contribution is 6.30. The number of imidazole rings is 1. The first-order chi connectivity index (χ1) is 14.6. The van der Waals surface area contributed by atoms with E-state index in [2.05, 4.69) is 30.0 Å². The summed E-state index contributed by atoms with van der Waals surface area (Å²) in [5.74, 6) is 2.39. The second-order valence-electron chi connectivity index (χ2n) is 7.87. The largest absolute Gasteiger partial charge is 0.370 e. The van der Waals surface area contributed by atoms with Crippen LogP contribution in [0.3, 0.4) is 0 Å². The Bertz CT molecular complexity index is 1320. The summed E-state index contributed by atoms with van der Waals surface area (Å²) in [4.78, 5) is 32.0. The molecule has 0 bridgehead atoms. The first-order valence-electron chi connectivity index (χ1n) is 9.63. The molecule has 4 aromatic heterocycles. The first-order valence-corrected chi connectivity index (χ1v) is 10.0. The molecule has 0 radical (unpaired) electrons. The first kappa shape index (κ1) is 17.6. The van der Waals surface area contributed by atoms with Gasteiger partial charge in [-0.3, -0.25) is 14.3 Å². The summed E-state index contributed by atoms with van der Waals surface area (Å²) < 4.78 is 8.55. The molecule has 10 nitrogen and oxygen atoms in total.